The molecule has 0 amide bonds. The highest BCUT2D eigenvalue weighted by molar-refractivity contribution is 7.99. The smallest absolute Gasteiger partial charge is 0.119 e. The SMILES string of the molecule is OCCOc1ccc(Sc2ccc(OCCCCl)cc2)cc1. The van der Waals surface area contributed by atoms with Gasteiger partial charge in [0.15, 0.2) is 0 Å². The largest absolute Gasteiger partial charge is 0.494 e. The van der Waals surface area contributed by atoms with Gasteiger partial charge in [-0.25, -0.2) is 0 Å². The van der Waals surface area contributed by atoms with Crippen molar-refractivity contribution in [1.82, 2.24) is 0 Å². The van der Waals surface area contributed by atoms with Crippen molar-refractivity contribution in [2.75, 3.05) is 25.7 Å². The third-order valence-electron chi connectivity index (χ3n) is 2.79. The van der Waals surface area contributed by atoms with Gasteiger partial charge in [-0.2, -0.15) is 0 Å². The second-order valence-electron chi connectivity index (χ2n) is 4.51. The molecule has 0 aromatic heterocycles. The van der Waals surface area contributed by atoms with Crippen molar-refractivity contribution in [2.24, 2.45) is 0 Å². The summed E-state index contributed by atoms with van der Waals surface area (Å²) >= 11 is 7.29. The summed E-state index contributed by atoms with van der Waals surface area (Å²) in [6.45, 7) is 0.985. The van der Waals surface area contributed by atoms with Crippen LogP contribution in [0.3, 0.4) is 0 Å². The molecule has 0 bridgehead atoms. The van der Waals surface area contributed by atoms with Crippen molar-refractivity contribution in [2.45, 2.75) is 16.2 Å². The lowest BCUT2D eigenvalue weighted by molar-refractivity contribution is 0.201. The lowest BCUT2D eigenvalue weighted by Gasteiger charge is -2.07. The molecule has 2 aromatic carbocycles. The minimum atomic E-state index is 0.0236. The highest BCUT2D eigenvalue weighted by atomic mass is 35.5. The quantitative estimate of drug-likeness (QED) is 0.549. The third-order valence-corrected chi connectivity index (χ3v) is 4.07. The van der Waals surface area contributed by atoms with Crippen LogP contribution in [-0.4, -0.2) is 30.8 Å². The molecule has 0 saturated carbocycles. The molecule has 0 aliphatic heterocycles. The first-order valence-corrected chi connectivity index (χ1v) is 8.47. The number of alkyl halides is 1. The summed E-state index contributed by atoms with van der Waals surface area (Å²) < 4.78 is 10.9. The zero-order valence-electron chi connectivity index (χ0n) is 12.2. The molecule has 0 aliphatic rings. The molecule has 0 spiro atoms. The topological polar surface area (TPSA) is 38.7 Å². The lowest BCUT2D eigenvalue weighted by atomic mass is 10.3. The van der Waals surface area contributed by atoms with Crippen LogP contribution >= 0.6 is 23.4 Å². The van der Waals surface area contributed by atoms with Crippen LogP contribution in [0.2, 0.25) is 0 Å². The fraction of sp³-hybridized carbons (Fsp3) is 0.294. The fourth-order valence-electron chi connectivity index (χ4n) is 1.75. The maximum Gasteiger partial charge on any atom is 0.119 e. The number of rotatable bonds is 9. The number of benzene rings is 2. The molecule has 0 radical (unpaired) electrons. The van der Waals surface area contributed by atoms with Gasteiger partial charge in [0.1, 0.15) is 18.1 Å². The Kier molecular flexibility index (Phi) is 7.43. The number of hydrogen-bond donors (Lipinski definition) is 1. The minimum absolute atomic E-state index is 0.0236. The number of ether oxygens (including phenoxy) is 2. The predicted octanol–water partition coefficient (Wildman–Crippen LogP) is 4.22. The van der Waals surface area contributed by atoms with E-state index in [-0.39, 0.29) is 6.61 Å². The van der Waals surface area contributed by atoms with E-state index in [4.69, 9.17) is 26.2 Å². The van der Waals surface area contributed by atoms with E-state index >= 15 is 0 Å². The van der Waals surface area contributed by atoms with Crippen molar-refractivity contribution in [1.29, 1.82) is 0 Å². The number of aliphatic hydroxyl groups is 1. The summed E-state index contributed by atoms with van der Waals surface area (Å²) in [7, 11) is 0. The Labute approximate surface area is 140 Å². The van der Waals surface area contributed by atoms with Gasteiger partial charge >= 0.3 is 0 Å². The summed E-state index contributed by atoms with van der Waals surface area (Å²) in [6, 6.07) is 15.8. The molecular formula is C17H19ClO3S. The third kappa shape index (κ3) is 5.79. The lowest BCUT2D eigenvalue weighted by Crippen LogP contribution is -2.01. The van der Waals surface area contributed by atoms with Gasteiger partial charge in [-0.15, -0.1) is 11.6 Å². The number of aliphatic hydroxyl groups excluding tert-OH is 1. The summed E-state index contributed by atoms with van der Waals surface area (Å²) in [5, 5.41) is 8.72. The Hall–Kier alpha value is -1.36. The molecule has 5 heteroatoms. The Bertz CT molecular complexity index is 543. The zero-order chi connectivity index (χ0) is 15.6. The van der Waals surface area contributed by atoms with E-state index < -0.39 is 0 Å². The van der Waals surface area contributed by atoms with Gasteiger partial charge < -0.3 is 14.6 Å². The fourth-order valence-corrected chi connectivity index (χ4v) is 2.68. The van der Waals surface area contributed by atoms with Gasteiger partial charge in [0.25, 0.3) is 0 Å². The van der Waals surface area contributed by atoms with E-state index in [1.807, 2.05) is 48.5 Å². The molecular weight excluding hydrogens is 320 g/mol. The van der Waals surface area contributed by atoms with E-state index in [9.17, 15) is 0 Å². The summed E-state index contributed by atoms with van der Waals surface area (Å²) in [4.78, 5) is 2.28. The van der Waals surface area contributed by atoms with Crippen LogP contribution in [0.4, 0.5) is 0 Å². The molecule has 3 nitrogen and oxygen atoms in total. The monoisotopic (exact) mass is 338 g/mol. The van der Waals surface area contributed by atoms with E-state index in [1.165, 1.54) is 0 Å². The summed E-state index contributed by atoms with van der Waals surface area (Å²) in [6.07, 6.45) is 0.850. The number of halogens is 1. The summed E-state index contributed by atoms with van der Waals surface area (Å²) in [5.41, 5.74) is 0. The van der Waals surface area contributed by atoms with Gasteiger partial charge in [-0.05, 0) is 55.0 Å². The molecule has 0 fully saturated rings. The first kappa shape index (κ1) is 17.0. The summed E-state index contributed by atoms with van der Waals surface area (Å²) in [5.74, 6) is 2.25. The normalized spacial score (nSPS) is 10.5. The van der Waals surface area contributed by atoms with Crippen LogP contribution in [0.5, 0.6) is 11.5 Å². The van der Waals surface area contributed by atoms with Crippen molar-refractivity contribution in [3.05, 3.63) is 48.5 Å². The van der Waals surface area contributed by atoms with Crippen LogP contribution < -0.4 is 9.47 Å². The molecule has 2 rings (SSSR count). The Morgan fingerprint density at radius 1 is 0.818 bits per heavy atom. The molecule has 118 valence electrons. The minimum Gasteiger partial charge on any atom is -0.494 e. The molecule has 1 N–H and O–H groups in total. The molecule has 0 saturated heterocycles. The zero-order valence-corrected chi connectivity index (χ0v) is 13.8. The Morgan fingerprint density at radius 3 is 1.77 bits per heavy atom. The highest BCUT2D eigenvalue weighted by Crippen LogP contribution is 2.30. The van der Waals surface area contributed by atoms with Crippen molar-refractivity contribution >= 4 is 23.4 Å². The van der Waals surface area contributed by atoms with Gasteiger partial charge in [-0.3, -0.25) is 0 Å². The van der Waals surface area contributed by atoms with Gasteiger partial charge in [0.2, 0.25) is 0 Å². The van der Waals surface area contributed by atoms with Crippen LogP contribution in [-0.2, 0) is 0 Å². The maximum absolute atomic E-state index is 8.72. The molecule has 0 heterocycles. The second-order valence-corrected chi connectivity index (χ2v) is 6.03. The second kappa shape index (κ2) is 9.62. The van der Waals surface area contributed by atoms with Crippen LogP contribution in [0.15, 0.2) is 58.3 Å². The Morgan fingerprint density at radius 2 is 1.32 bits per heavy atom. The molecule has 0 atom stereocenters. The molecule has 0 aliphatic carbocycles. The maximum atomic E-state index is 8.72. The first-order chi connectivity index (χ1) is 10.8. The van der Waals surface area contributed by atoms with Crippen LogP contribution in [0, 0.1) is 0 Å². The predicted molar refractivity (Wildman–Crippen MR) is 90.4 cm³/mol. The van der Waals surface area contributed by atoms with Crippen molar-refractivity contribution in [3.63, 3.8) is 0 Å². The van der Waals surface area contributed by atoms with Crippen molar-refractivity contribution in [3.8, 4) is 11.5 Å². The van der Waals surface area contributed by atoms with Gasteiger partial charge in [0.05, 0.1) is 13.2 Å². The van der Waals surface area contributed by atoms with Crippen LogP contribution in [0.25, 0.3) is 0 Å². The van der Waals surface area contributed by atoms with E-state index in [0.717, 1.165) is 27.7 Å². The molecule has 2 aromatic rings. The Balaban J connectivity index is 1.87. The van der Waals surface area contributed by atoms with E-state index in [2.05, 4.69) is 0 Å². The standard InChI is InChI=1S/C17H19ClO3S/c18-10-1-12-20-14-2-6-16(7-3-14)22-17-8-4-15(5-9-17)21-13-11-19/h2-9,19H,1,10-13H2. The van der Waals surface area contributed by atoms with Gasteiger partial charge in [-0.1, -0.05) is 11.8 Å². The van der Waals surface area contributed by atoms with Gasteiger partial charge in [0, 0.05) is 15.7 Å². The van der Waals surface area contributed by atoms with Crippen molar-refractivity contribution < 1.29 is 14.6 Å². The number of hydrogen-bond acceptors (Lipinski definition) is 4. The molecule has 22 heavy (non-hydrogen) atoms. The van der Waals surface area contributed by atoms with E-state index in [0.29, 0.717) is 19.1 Å². The molecule has 0 unspecified atom stereocenters. The van der Waals surface area contributed by atoms with Crippen LogP contribution in [0.1, 0.15) is 6.42 Å². The van der Waals surface area contributed by atoms with E-state index in [1.54, 1.807) is 11.8 Å². The highest BCUT2D eigenvalue weighted by Gasteiger charge is 2.00. The average Bonchev–Trinajstić information content (AvgIpc) is 2.56. The first-order valence-electron chi connectivity index (χ1n) is 7.12. The average molecular weight is 339 g/mol.